The van der Waals surface area contributed by atoms with Gasteiger partial charge in [-0.1, -0.05) is 18.2 Å². The highest BCUT2D eigenvalue weighted by Crippen LogP contribution is 2.32. The molecule has 0 radical (unpaired) electrons. The fraction of sp³-hybridized carbons (Fsp3) is 0.333. The van der Waals surface area contributed by atoms with Gasteiger partial charge in [0.2, 0.25) is 5.91 Å². The maximum atomic E-state index is 12.4. The Morgan fingerprint density at radius 2 is 1.90 bits per heavy atom. The number of carbonyl (C=O) groups is 1. The standard InChI is InChI=1S/C24H27N3O3/c1-29-22-12-11-17(15-23(22)30-2)16-25-26-24(28)13-14-27-20-9-5-3-7-18(20)19-8-4-6-10-21(19)27/h3,5,7,9,11-12,15-16H,4,6,8,10,13-14H2,1-2H3,(H,26,28). The minimum atomic E-state index is -0.103. The number of fused-ring (bicyclic) bond motifs is 3. The Kier molecular flexibility index (Phi) is 6.02. The maximum absolute atomic E-state index is 12.4. The van der Waals surface area contributed by atoms with Crippen molar-refractivity contribution in [3.8, 4) is 11.5 Å². The van der Waals surface area contributed by atoms with E-state index in [9.17, 15) is 4.79 Å². The van der Waals surface area contributed by atoms with E-state index in [-0.39, 0.29) is 5.91 Å². The number of amides is 1. The number of para-hydroxylation sites is 1. The van der Waals surface area contributed by atoms with Crippen molar-refractivity contribution >= 4 is 23.0 Å². The third-order valence-electron chi connectivity index (χ3n) is 5.66. The number of nitrogens with zero attached hydrogens (tertiary/aromatic N) is 2. The zero-order chi connectivity index (χ0) is 20.9. The number of nitrogens with one attached hydrogen (secondary N) is 1. The number of rotatable bonds is 7. The molecule has 0 saturated carbocycles. The Morgan fingerprint density at radius 3 is 2.73 bits per heavy atom. The monoisotopic (exact) mass is 405 g/mol. The average molecular weight is 405 g/mol. The molecular weight excluding hydrogens is 378 g/mol. The van der Waals surface area contributed by atoms with Crippen molar-refractivity contribution in [1.82, 2.24) is 9.99 Å². The van der Waals surface area contributed by atoms with E-state index in [0.29, 0.717) is 24.5 Å². The van der Waals surface area contributed by atoms with Crippen molar-refractivity contribution in [3.05, 3.63) is 59.3 Å². The molecule has 156 valence electrons. The predicted octanol–water partition coefficient (Wildman–Crippen LogP) is 4.08. The van der Waals surface area contributed by atoms with Gasteiger partial charge in [-0.25, -0.2) is 5.43 Å². The number of carbonyl (C=O) groups excluding carboxylic acids is 1. The summed E-state index contributed by atoms with van der Waals surface area (Å²) in [5.41, 5.74) is 7.53. The molecule has 1 aliphatic carbocycles. The zero-order valence-corrected chi connectivity index (χ0v) is 17.5. The summed E-state index contributed by atoms with van der Waals surface area (Å²) in [5.74, 6) is 1.17. The molecule has 30 heavy (non-hydrogen) atoms. The number of aryl methyl sites for hydroxylation is 2. The van der Waals surface area contributed by atoms with E-state index in [1.165, 1.54) is 35.0 Å². The number of benzene rings is 2. The first kappa shape index (κ1) is 20.0. The Labute approximate surface area is 176 Å². The summed E-state index contributed by atoms with van der Waals surface area (Å²) in [6.45, 7) is 0.660. The molecule has 0 fully saturated rings. The molecule has 4 rings (SSSR count). The Balaban J connectivity index is 1.41. The van der Waals surface area contributed by atoms with Crippen molar-refractivity contribution in [3.63, 3.8) is 0 Å². The summed E-state index contributed by atoms with van der Waals surface area (Å²) in [6, 6.07) is 14.0. The van der Waals surface area contributed by atoms with Crippen LogP contribution in [-0.4, -0.2) is 30.9 Å². The van der Waals surface area contributed by atoms with Crippen LogP contribution in [0.4, 0.5) is 0 Å². The van der Waals surface area contributed by atoms with Gasteiger partial charge in [0.15, 0.2) is 11.5 Å². The van der Waals surface area contributed by atoms with Gasteiger partial charge >= 0.3 is 0 Å². The molecule has 1 amide bonds. The molecule has 0 spiro atoms. The second-order valence-electron chi connectivity index (χ2n) is 7.46. The van der Waals surface area contributed by atoms with E-state index in [4.69, 9.17) is 9.47 Å². The molecule has 0 aliphatic heterocycles. The lowest BCUT2D eigenvalue weighted by Crippen LogP contribution is -2.20. The van der Waals surface area contributed by atoms with E-state index in [1.54, 1.807) is 20.4 Å². The maximum Gasteiger partial charge on any atom is 0.241 e. The minimum absolute atomic E-state index is 0.103. The van der Waals surface area contributed by atoms with Crippen LogP contribution < -0.4 is 14.9 Å². The Hall–Kier alpha value is -3.28. The van der Waals surface area contributed by atoms with Crippen molar-refractivity contribution in [2.75, 3.05) is 14.2 Å². The average Bonchev–Trinajstić information content (AvgIpc) is 3.11. The summed E-state index contributed by atoms with van der Waals surface area (Å²) in [5, 5.41) is 5.42. The lowest BCUT2D eigenvalue weighted by molar-refractivity contribution is -0.121. The number of methoxy groups -OCH3 is 2. The molecule has 6 heteroatoms. The summed E-state index contributed by atoms with van der Waals surface area (Å²) in [7, 11) is 3.18. The first-order chi connectivity index (χ1) is 14.7. The van der Waals surface area contributed by atoms with E-state index in [2.05, 4.69) is 39.4 Å². The minimum Gasteiger partial charge on any atom is -0.493 e. The Morgan fingerprint density at radius 1 is 1.10 bits per heavy atom. The SMILES string of the molecule is COc1ccc(C=NNC(=O)CCn2c3c(c4ccccc42)CCCC3)cc1OC. The van der Waals surface area contributed by atoms with E-state index in [0.717, 1.165) is 18.4 Å². The van der Waals surface area contributed by atoms with Gasteiger partial charge in [0.25, 0.3) is 0 Å². The number of hydrogen-bond donors (Lipinski definition) is 1. The largest absolute Gasteiger partial charge is 0.493 e. The van der Waals surface area contributed by atoms with Crippen LogP contribution in [-0.2, 0) is 24.2 Å². The van der Waals surface area contributed by atoms with E-state index < -0.39 is 0 Å². The lowest BCUT2D eigenvalue weighted by Gasteiger charge is -2.15. The molecule has 0 saturated heterocycles. The quantitative estimate of drug-likeness (QED) is 0.476. The molecule has 1 heterocycles. The molecule has 0 unspecified atom stereocenters. The van der Waals surface area contributed by atoms with Crippen LogP contribution in [0.25, 0.3) is 10.9 Å². The molecule has 3 aromatic rings. The van der Waals surface area contributed by atoms with E-state index in [1.807, 2.05) is 18.2 Å². The molecular formula is C24H27N3O3. The first-order valence-electron chi connectivity index (χ1n) is 10.3. The fourth-order valence-corrected chi connectivity index (χ4v) is 4.22. The molecule has 2 aromatic carbocycles. The van der Waals surface area contributed by atoms with Gasteiger partial charge in [0.1, 0.15) is 0 Å². The number of ether oxygens (including phenoxy) is 2. The molecule has 6 nitrogen and oxygen atoms in total. The number of aromatic nitrogens is 1. The highest BCUT2D eigenvalue weighted by molar-refractivity contribution is 5.86. The zero-order valence-electron chi connectivity index (χ0n) is 17.5. The topological polar surface area (TPSA) is 64.8 Å². The van der Waals surface area contributed by atoms with Crippen LogP contribution in [0.2, 0.25) is 0 Å². The molecule has 0 bridgehead atoms. The van der Waals surface area contributed by atoms with Crippen LogP contribution in [0, 0.1) is 0 Å². The van der Waals surface area contributed by atoms with Crippen molar-refractivity contribution in [2.24, 2.45) is 5.10 Å². The van der Waals surface area contributed by atoms with Gasteiger partial charge in [-0.3, -0.25) is 4.79 Å². The second-order valence-corrected chi connectivity index (χ2v) is 7.46. The fourth-order valence-electron chi connectivity index (χ4n) is 4.22. The third-order valence-corrected chi connectivity index (χ3v) is 5.66. The summed E-state index contributed by atoms with van der Waals surface area (Å²) in [6.07, 6.45) is 6.66. The number of hydrazone groups is 1. The van der Waals surface area contributed by atoms with Gasteiger partial charge in [0, 0.05) is 29.6 Å². The van der Waals surface area contributed by atoms with Gasteiger partial charge in [-0.05, 0) is 61.1 Å². The first-order valence-corrected chi connectivity index (χ1v) is 10.3. The molecule has 1 aromatic heterocycles. The van der Waals surface area contributed by atoms with Gasteiger partial charge in [-0.15, -0.1) is 0 Å². The van der Waals surface area contributed by atoms with E-state index >= 15 is 0 Å². The van der Waals surface area contributed by atoms with Crippen LogP contribution in [0.5, 0.6) is 11.5 Å². The third kappa shape index (κ3) is 4.03. The second kappa shape index (κ2) is 9.03. The highest BCUT2D eigenvalue weighted by atomic mass is 16.5. The highest BCUT2D eigenvalue weighted by Gasteiger charge is 2.19. The molecule has 1 aliphatic rings. The number of hydrogen-bond acceptors (Lipinski definition) is 4. The summed E-state index contributed by atoms with van der Waals surface area (Å²) < 4.78 is 12.8. The van der Waals surface area contributed by atoms with Crippen molar-refractivity contribution in [1.29, 1.82) is 0 Å². The predicted molar refractivity (Wildman–Crippen MR) is 118 cm³/mol. The summed E-state index contributed by atoms with van der Waals surface area (Å²) in [4.78, 5) is 12.4. The van der Waals surface area contributed by atoms with Gasteiger partial charge < -0.3 is 14.0 Å². The van der Waals surface area contributed by atoms with Crippen molar-refractivity contribution in [2.45, 2.75) is 38.6 Å². The van der Waals surface area contributed by atoms with Crippen LogP contribution in [0.3, 0.4) is 0 Å². The van der Waals surface area contributed by atoms with Gasteiger partial charge in [-0.2, -0.15) is 5.10 Å². The molecule has 0 atom stereocenters. The van der Waals surface area contributed by atoms with Crippen LogP contribution >= 0.6 is 0 Å². The van der Waals surface area contributed by atoms with Crippen LogP contribution in [0.15, 0.2) is 47.6 Å². The van der Waals surface area contributed by atoms with Gasteiger partial charge in [0.05, 0.1) is 20.4 Å². The lowest BCUT2D eigenvalue weighted by atomic mass is 9.95. The summed E-state index contributed by atoms with van der Waals surface area (Å²) >= 11 is 0. The smallest absolute Gasteiger partial charge is 0.241 e. The van der Waals surface area contributed by atoms with Crippen molar-refractivity contribution < 1.29 is 14.3 Å². The normalized spacial score (nSPS) is 13.4. The van der Waals surface area contributed by atoms with Crippen LogP contribution in [0.1, 0.15) is 36.1 Å². The molecule has 1 N–H and O–H groups in total. The Bertz CT molecular complexity index is 1080.